The van der Waals surface area contributed by atoms with Crippen LogP contribution < -0.4 is 5.32 Å². The lowest BCUT2D eigenvalue weighted by molar-refractivity contribution is -0.147. The van der Waals surface area contributed by atoms with Gasteiger partial charge in [0.2, 0.25) is 5.91 Å². The average Bonchev–Trinajstić information content (AvgIpc) is 2.57. The van der Waals surface area contributed by atoms with Gasteiger partial charge in [0.25, 0.3) is 10.1 Å². The predicted molar refractivity (Wildman–Crippen MR) is 98.7 cm³/mol. The molecular formula is C17H29NO8S. The first kappa shape index (κ1) is 25.1. The van der Waals surface area contributed by atoms with Crippen LogP contribution in [0.1, 0.15) is 57.8 Å². The maximum absolute atomic E-state index is 11.6. The Bertz CT molecular complexity index is 588. The Kier molecular flexibility index (Phi) is 13.1. The van der Waals surface area contributed by atoms with Crippen molar-refractivity contribution in [2.24, 2.45) is 0 Å². The Morgan fingerprint density at radius 3 is 2.22 bits per heavy atom. The molecule has 1 atom stereocenters. The third-order valence-corrected chi connectivity index (χ3v) is 4.82. The van der Waals surface area contributed by atoms with Crippen LogP contribution in [0.3, 0.4) is 0 Å². The molecule has 1 unspecified atom stereocenters. The average molecular weight is 407 g/mol. The number of ether oxygens (including phenoxy) is 1. The van der Waals surface area contributed by atoms with Gasteiger partial charge in [0, 0.05) is 6.42 Å². The SMILES string of the molecule is C=CCCCCCCCCC(=O)NCCOC(=O)CC(C(=O)O)S(=O)(=O)O. The van der Waals surface area contributed by atoms with Crippen molar-refractivity contribution in [1.82, 2.24) is 5.32 Å². The molecule has 0 radical (unpaired) electrons. The molecule has 0 saturated heterocycles. The maximum Gasteiger partial charge on any atom is 0.325 e. The van der Waals surface area contributed by atoms with E-state index in [2.05, 4.69) is 16.6 Å². The van der Waals surface area contributed by atoms with E-state index in [0.717, 1.165) is 44.9 Å². The third kappa shape index (κ3) is 13.9. The molecule has 0 saturated carbocycles. The van der Waals surface area contributed by atoms with E-state index >= 15 is 0 Å². The highest BCUT2D eigenvalue weighted by Gasteiger charge is 2.33. The van der Waals surface area contributed by atoms with E-state index in [0.29, 0.717) is 6.42 Å². The number of nitrogens with one attached hydrogen (secondary N) is 1. The van der Waals surface area contributed by atoms with Gasteiger partial charge in [-0.1, -0.05) is 31.8 Å². The summed E-state index contributed by atoms with van der Waals surface area (Å²) in [5.41, 5.74) is 0. The summed E-state index contributed by atoms with van der Waals surface area (Å²) >= 11 is 0. The number of rotatable bonds is 16. The van der Waals surface area contributed by atoms with Crippen LogP contribution in [0.25, 0.3) is 0 Å². The number of unbranched alkanes of at least 4 members (excludes halogenated alkanes) is 6. The molecule has 0 fully saturated rings. The second-order valence-electron chi connectivity index (χ2n) is 6.07. The zero-order valence-corrected chi connectivity index (χ0v) is 16.2. The van der Waals surface area contributed by atoms with Crippen molar-refractivity contribution in [3.05, 3.63) is 12.7 Å². The molecule has 156 valence electrons. The van der Waals surface area contributed by atoms with E-state index in [1.54, 1.807) is 0 Å². The number of hydrogen-bond acceptors (Lipinski definition) is 6. The lowest BCUT2D eigenvalue weighted by atomic mass is 10.1. The summed E-state index contributed by atoms with van der Waals surface area (Å²) in [7, 11) is -4.90. The summed E-state index contributed by atoms with van der Waals surface area (Å²) < 4.78 is 35.1. The molecule has 9 nitrogen and oxygen atoms in total. The van der Waals surface area contributed by atoms with Crippen molar-refractivity contribution in [3.8, 4) is 0 Å². The predicted octanol–water partition coefficient (Wildman–Crippen LogP) is 1.68. The summed E-state index contributed by atoms with van der Waals surface area (Å²) in [6.45, 7) is 3.49. The van der Waals surface area contributed by atoms with Crippen molar-refractivity contribution in [3.63, 3.8) is 0 Å². The summed E-state index contributed by atoms with van der Waals surface area (Å²) in [5, 5.41) is 8.95. The van der Waals surface area contributed by atoms with Crippen molar-refractivity contribution in [2.45, 2.75) is 63.0 Å². The second-order valence-corrected chi connectivity index (χ2v) is 7.66. The number of carboxylic acid groups (broad SMARTS) is 1. The van der Waals surface area contributed by atoms with Gasteiger partial charge in [0.05, 0.1) is 13.0 Å². The van der Waals surface area contributed by atoms with Gasteiger partial charge in [0.1, 0.15) is 6.61 Å². The van der Waals surface area contributed by atoms with Crippen LogP contribution in [0.15, 0.2) is 12.7 Å². The first-order valence-electron chi connectivity index (χ1n) is 8.90. The van der Waals surface area contributed by atoms with E-state index in [4.69, 9.17) is 9.66 Å². The number of esters is 1. The Balaban J connectivity index is 3.76. The summed E-state index contributed by atoms with van der Waals surface area (Å²) in [6, 6.07) is 0. The highest BCUT2D eigenvalue weighted by Crippen LogP contribution is 2.09. The molecule has 10 heteroatoms. The number of allylic oxidation sites excluding steroid dienone is 1. The van der Waals surface area contributed by atoms with Crippen LogP contribution in [0.2, 0.25) is 0 Å². The first-order chi connectivity index (χ1) is 12.7. The normalized spacial score (nSPS) is 12.2. The smallest absolute Gasteiger partial charge is 0.325 e. The minimum absolute atomic E-state index is 0.0374. The molecule has 0 aliphatic carbocycles. The third-order valence-electron chi connectivity index (χ3n) is 3.74. The van der Waals surface area contributed by atoms with Crippen LogP contribution in [0.5, 0.6) is 0 Å². The van der Waals surface area contributed by atoms with Gasteiger partial charge in [-0.05, 0) is 19.3 Å². The number of carbonyl (C=O) groups is 3. The number of carbonyl (C=O) groups excluding carboxylic acids is 2. The number of aliphatic carboxylic acids is 1. The van der Waals surface area contributed by atoms with Crippen LogP contribution in [-0.4, -0.2) is 54.3 Å². The van der Waals surface area contributed by atoms with Gasteiger partial charge in [-0.2, -0.15) is 8.42 Å². The summed E-state index contributed by atoms with van der Waals surface area (Å²) in [4.78, 5) is 33.7. The molecule has 3 N–H and O–H groups in total. The molecule has 0 aromatic carbocycles. The van der Waals surface area contributed by atoms with Crippen LogP contribution in [0, 0.1) is 0 Å². The molecule has 1 amide bonds. The number of hydrogen-bond donors (Lipinski definition) is 3. The number of amides is 1. The largest absolute Gasteiger partial charge is 0.480 e. The number of carboxylic acids is 1. The van der Waals surface area contributed by atoms with Gasteiger partial charge in [0.15, 0.2) is 5.25 Å². The van der Waals surface area contributed by atoms with Crippen LogP contribution in [-0.2, 0) is 29.2 Å². The van der Waals surface area contributed by atoms with Gasteiger partial charge < -0.3 is 15.2 Å². The molecule has 27 heavy (non-hydrogen) atoms. The molecular weight excluding hydrogens is 378 g/mol. The maximum atomic E-state index is 11.6. The lowest BCUT2D eigenvalue weighted by Crippen LogP contribution is -2.33. The molecule has 0 aromatic heterocycles. The van der Waals surface area contributed by atoms with Gasteiger partial charge in [-0.15, -0.1) is 6.58 Å². The van der Waals surface area contributed by atoms with Crippen molar-refractivity contribution in [2.75, 3.05) is 13.2 Å². The van der Waals surface area contributed by atoms with Crippen molar-refractivity contribution >= 4 is 28.0 Å². The zero-order valence-electron chi connectivity index (χ0n) is 15.4. The van der Waals surface area contributed by atoms with Crippen molar-refractivity contribution in [1.29, 1.82) is 0 Å². The fourth-order valence-corrected chi connectivity index (χ4v) is 2.86. The summed E-state index contributed by atoms with van der Waals surface area (Å²) in [6.07, 6.45) is 8.51. The lowest BCUT2D eigenvalue weighted by Gasteiger charge is -2.10. The minimum atomic E-state index is -4.90. The van der Waals surface area contributed by atoms with Gasteiger partial charge in [-0.3, -0.25) is 18.9 Å². The molecule has 0 bridgehead atoms. The summed E-state index contributed by atoms with van der Waals surface area (Å²) in [5.74, 6) is -3.12. The molecule has 0 spiro atoms. The first-order valence-corrected chi connectivity index (χ1v) is 10.4. The fourth-order valence-electron chi connectivity index (χ4n) is 2.26. The van der Waals surface area contributed by atoms with Crippen molar-refractivity contribution < 1.29 is 37.2 Å². The van der Waals surface area contributed by atoms with Crippen LogP contribution >= 0.6 is 0 Å². The van der Waals surface area contributed by atoms with E-state index in [9.17, 15) is 22.8 Å². The highest BCUT2D eigenvalue weighted by atomic mass is 32.2. The second kappa shape index (κ2) is 14.2. The Hall–Kier alpha value is -1.94. The molecule has 0 aromatic rings. The Labute approximate surface area is 159 Å². The van der Waals surface area contributed by atoms with Gasteiger partial charge >= 0.3 is 11.9 Å². The molecule has 0 heterocycles. The monoisotopic (exact) mass is 407 g/mol. The Morgan fingerprint density at radius 2 is 1.67 bits per heavy atom. The standard InChI is InChI=1S/C17H29NO8S/c1-2-3-4-5-6-7-8-9-10-15(19)18-11-12-26-16(20)13-14(17(21)22)27(23,24)25/h2,14H,1,3-13H2,(H,18,19)(H,21,22)(H,23,24,25). The highest BCUT2D eigenvalue weighted by molar-refractivity contribution is 7.87. The quantitative estimate of drug-likeness (QED) is 0.151. The van der Waals surface area contributed by atoms with E-state index in [1.807, 2.05) is 6.08 Å². The topological polar surface area (TPSA) is 147 Å². The van der Waals surface area contributed by atoms with E-state index < -0.39 is 33.7 Å². The Morgan fingerprint density at radius 1 is 1.07 bits per heavy atom. The van der Waals surface area contributed by atoms with E-state index in [1.165, 1.54) is 0 Å². The zero-order chi connectivity index (χ0) is 20.7. The van der Waals surface area contributed by atoms with Gasteiger partial charge in [-0.25, -0.2) is 0 Å². The van der Waals surface area contributed by atoms with E-state index in [-0.39, 0.29) is 19.1 Å². The molecule has 0 rings (SSSR count). The fraction of sp³-hybridized carbons (Fsp3) is 0.706. The molecule has 0 aliphatic rings. The molecule has 0 aliphatic heterocycles. The minimum Gasteiger partial charge on any atom is -0.480 e. The van der Waals surface area contributed by atoms with Crippen LogP contribution in [0.4, 0.5) is 0 Å².